The van der Waals surface area contributed by atoms with Crippen LogP contribution in [0.4, 0.5) is 5.69 Å². The second kappa shape index (κ2) is 3.72. The zero-order chi connectivity index (χ0) is 9.97. The van der Waals surface area contributed by atoms with Gasteiger partial charge in [-0.05, 0) is 17.7 Å². The van der Waals surface area contributed by atoms with Gasteiger partial charge in [-0.1, -0.05) is 6.07 Å². The largest absolute Gasteiger partial charge is 0.324 e. The average Bonchev–Trinajstić information content (AvgIpc) is 2.17. The van der Waals surface area contributed by atoms with E-state index in [4.69, 9.17) is 5.26 Å². The van der Waals surface area contributed by atoms with Crippen LogP contribution in [0, 0.1) is 11.3 Å². The summed E-state index contributed by atoms with van der Waals surface area (Å²) in [5.74, 6) is 0.501. The van der Waals surface area contributed by atoms with Crippen molar-refractivity contribution in [2.45, 2.75) is 11.3 Å². The Bertz CT molecular complexity index is 423. The molecule has 0 radical (unpaired) electrons. The summed E-state index contributed by atoms with van der Waals surface area (Å²) in [6.07, 6.45) is 0.383. The molecule has 1 amide bonds. The van der Waals surface area contributed by atoms with Gasteiger partial charge in [0.25, 0.3) is 0 Å². The zero-order valence-electron chi connectivity index (χ0n) is 7.41. The van der Waals surface area contributed by atoms with Crippen molar-refractivity contribution in [2.75, 3.05) is 11.1 Å². The third kappa shape index (κ3) is 1.73. The van der Waals surface area contributed by atoms with Crippen LogP contribution in [0.2, 0.25) is 0 Å². The predicted octanol–water partition coefficient (Wildman–Crippen LogP) is 1.80. The Labute approximate surface area is 86.1 Å². The SMILES string of the molecule is N#CCc1ccc2c(c1)NC(=O)CS2. The van der Waals surface area contributed by atoms with Gasteiger partial charge in [-0.15, -0.1) is 11.8 Å². The number of nitriles is 1. The number of rotatable bonds is 1. The van der Waals surface area contributed by atoms with Crippen molar-refractivity contribution >= 4 is 23.4 Å². The first-order valence-electron chi connectivity index (χ1n) is 4.22. The van der Waals surface area contributed by atoms with Gasteiger partial charge in [0.2, 0.25) is 5.91 Å². The van der Waals surface area contributed by atoms with Crippen molar-refractivity contribution in [3.8, 4) is 6.07 Å². The Hall–Kier alpha value is -1.47. The quantitative estimate of drug-likeness (QED) is 0.758. The molecule has 0 aliphatic carbocycles. The van der Waals surface area contributed by atoms with Crippen LogP contribution >= 0.6 is 11.8 Å². The lowest BCUT2D eigenvalue weighted by Crippen LogP contribution is -2.18. The van der Waals surface area contributed by atoms with Gasteiger partial charge in [0.1, 0.15) is 0 Å². The minimum Gasteiger partial charge on any atom is -0.324 e. The normalized spacial score (nSPS) is 14.1. The molecule has 0 fully saturated rings. The molecule has 0 bridgehead atoms. The number of amides is 1. The van der Waals surface area contributed by atoms with Gasteiger partial charge in [0.05, 0.1) is 23.9 Å². The first kappa shape index (κ1) is 9.10. The topological polar surface area (TPSA) is 52.9 Å². The van der Waals surface area contributed by atoms with Crippen LogP contribution in [-0.2, 0) is 11.2 Å². The molecule has 0 saturated carbocycles. The molecule has 1 aromatic rings. The number of carbonyl (C=O) groups excluding carboxylic acids is 1. The molecule has 1 heterocycles. The molecule has 0 unspecified atom stereocenters. The molecule has 1 aliphatic heterocycles. The molecule has 0 saturated heterocycles. The maximum Gasteiger partial charge on any atom is 0.234 e. The molecule has 0 atom stereocenters. The second-order valence-electron chi connectivity index (χ2n) is 3.00. The Kier molecular flexibility index (Phi) is 2.42. The molecule has 70 valence electrons. The molecular weight excluding hydrogens is 196 g/mol. The van der Waals surface area contributed by atoms with Crippen molar-refractivity contribution < 1.29 is 4.79 Å². The molecular formula is C10H8N2OS. The summed E-state index contributed by atoms with van der Waals surface area (Å²) in [6, 6.07) is 7.82. The van der Waals surface area contributed by atoms with Crippen LogP contribution in [0.5, 0.6) is 0 Å². The summed E-state index contributed by atoms with van der Waals surface area (Å²) in [6.45, 7) is 0. The molecule has 0 spiro atoms. The van der Waals surface area contributed by atoms with E-state index < -0.39 is 0 Å². The minimum absolute atomic E-state index is 0.0246. The van der Waals surface area contributed by atoms with Crippen molar-refractivity contribution in [3.05, 3.63) is 23.8 Å². The van der Waals surface area contributed by atoms with Crippen molar-refractivity contribution in [2.24, 2.45) is 0 Å². The maximum absolute atomic E-state index is 11.1. The van der Waals surface area contributed by atoms with E-state index in [1.807, 2.05) is 18.2 Å². The number of fused-ring (bicyclic) bond motifs is 1. The summed E-state index contributed by atoms with van der Waals surface area (Å²) in [4.78, 5) is 12.2. The first-order valence-corrected chi connectivity index (χ1v) is 5.20. The highest BCUT2D eigenvalue weighted by Crippen LogP contribution is 2.31. The third-order valence-corrected chi connectivity index (χ3v) is 3.03. The Balaban J connectivity index is 2.33. The Morgan fingerprint density at radius 1 is 1.57 bits per heavy atom. The number of anilines is 1. The van der Waals surface area contributed by atoms with E-state index in [-0.39, 0.29) is 5.91 Å². The number of benzene rings is 1. The molecule has 1 N–H and O–H groups in total. The van der Waals surface area contributed by atoms with Crippen LogP contribution < -0.4 is 5.32 Å². The van der Waals surface area contributed by atoms with E-state index in [0.29, 0.717) is 12.2 Å². The van der Waals surface area contributed by atoms with Crippen LogP contribution in [0.1, 0.15) is 5.56 Å². The third-order valence-electron chi connectivity index (χ3n) is 1.96. The van der Waals surface area contributed by atoms with Crippen LogP contribution in [-0.4, -0.2) is 11.7 Å². The molecule has 4 heteroatoms. The Morgan fingerprint density at radius 3 is 3.21 bits per heavy atom. The predicted molar refractivity (Wildman–Crippen MR) is 55.1 cm³/mol. The maximum atomic E-state index is 11.1. The fraction of sp³-hybridized carbons (Fsp3) is 0.200. The molecule has 1 aromatic carbocycles. The Morgan fingerprint density at radius 2 is 2.43 bits per heavy atom. The highest BCUT2D eigenvalue weighted by atomic mass is 32.2. The van der Waals surface area contributed by atoms with Crippen LogP contribution in [0.25, 0.3) is 0 Å². The zero-order valence-corrected chi connectivity index (χ0v) is 8.23. The molecule has 2 rings (SSSR count). The van der Waals surface area contributed by atoms with Gasteiger partial charge in [-0.25, -0.2) is 0 Å². The van der Waals surface area contributed by atoms with Crippen molar-refractivity contribution in [1.82, 2.24) is 0 Å². The number of nitrogens with one attached hydrogen (secondary N) is 1. The van der Waals surface area contributed by atoms with Gasteiger partial charge < -0.3 is 5.32 Å². The summed E-state index contributed by atoms with van der Waals surface area (Å²) in [5.41, 5.74) is 1.77. The summed E-state index contributed by atoms with van der Waals surface area (Å²) in [7, 11) is 0. The number of hydrogen-bond donors (Lipinski definition) is 1. The van der Waals surface area contributed by atoms with Gasteiger partial charge in [0.15, 0.2) is 0 Å². The van der Waals surface area contributed by atoms with E-state index in [9.17, 15) is 4.79 Å². The second-order valence-corrected chi connectivity index (χ2v) is 4.02. The average molecular weight is 204 g/mol. The van der Waals surface area contributed by atoms with Gasteiger partial charge in [-0.3, -0.25) is 4.79 Å². The molecule has 1 aliphatic rings. The number of hydrogen-bond acceptors (Lipinski definition) is 3. The molecule has 14 heavy (non-hydrogen) atoms. The molecule has 0 aromatic heterocycles. The lowest BCUT2D eigenvalue weighted by Gasteiger charge is -2.16. The van der Waals surface area contributed by atoms with E-state index in [1.165, 1.54) is 11.8 Å². The van der Waals surface area contributed by atoms with E-state index in [0.717, 1.165) is 16.1 Å². The summed E-state index contributed by atoms with van der Waals surface area (Å²) < 4.78 is 0. The van der Waals surface area contributed by atoms with Crippen LogP contribution in [0.3, 0.4) is 0 Å². The van der Waals surface area contributed by atoms with E-state index in [1.54, 1.807) is 0 Å². The van der Waals surface area contributed by atoms with Crippen molar-refractivity contribution in [3.63, 3.8) is 0 Å². The number of nitrogens with zero attached hydrogens (tertiary/aromatic N) is 1. The van der Waals surface area contributed by atoms with Gasteiger partial charge in [0, 0.05) is 4.90 Å². The van der Waals surface area contributed by atoms with Gasteiger partial charge >= 0.3 is 0 Å². The van der Waals surface area contributed by atoms with Crippen LogP contribution in [0.15, 0.2) is 23.1 Å². The van der Waals surface area contributed by atoms with Gasteiger partial charge in [-0.2, -0.15) is 5.26 Å². The smallest absolute Gasteiger partial charge is 0.234 e. The monoisotopic (exact) mass is 204 g/mol. The highest BCUT2D eigenvalue weighted by Gasteiger charge is 2.14. The lowest BCUT2D eigenvalue weighted by atomic mass is 10.1. The minimum atomic E-state index is 0.0246. The number of thioether (sulfide) groups is 1. The van der Waals surface area contributed by atoms with E-state index in [2.05, 4.69) is 11.4 Å². The van der Waals surface area contributed by atoms with E-state index >= 15 is 0 Å². The first-order chi connectivity index (χ1) is 6.79. The fourth-order valence-corrected chi connectivity index (χ4v) is 2.12. The standard InChI is InChI=1S/C10H8N2OS/c11-4-3-7-1-2-9-8(5-7)12-10(13)6-14-9/h1-2,5H,3,6H2,(H,12,13). The summed E-state index contributed by atoms with van der Waals surface area (Å²) in [5, 5.41) is 11.3. The highest BCUT2D eigenvalue weighted by molar-refractivity contribution is 8.00. The number of carbonyl (C=O) groups is 1. The van der Waals surface area contributed by atoms with Crippen molar-refractivity contribution in [1.29, 1.82) is 5.26 Å². The lowest BCUT2D eigenvalue weighted by molar-refractivity contribution is -0.113. The summed E-state index contributed by atoms with van der Waals surface area (Å²) >= 11 is 1.53. The fourth-order valence-electron chi connectivity index (χ4n) is 1.33. The molecule has 3 nitrogen and oxygen atoms in total.